The second kappa shape index (κ2) is 13.2. The summed E-state index contributed by atoms with van der Waals surface area (Å²) >= 11 is 0. The molecule has 2 aromatic carbocycles. The highest BCUT2D eigenvalue weighted by Gasteiger charge is 2.43. The van der Waals surface area contributed by atoms with Crippen LogP contribution in [0.25, 0.3) is 0 Å². The van der Waals surface area contributed by atoms with E-state index in [0.717, 1.165) is 6.07 Å². The van der Waals surface area contributed by atoms with Crippen LogP contribution >= 0.6 is 0 Å². The molecule has 0 aliphatic carbocycles. The van der Waals surface area contributed by atoms with Crippen molar-refractivity contribution in [2.24, 2.45) is 0 Å². The monoisotopic (exact) mass is 612 g/mol. The summed E-state index contributed by atoms with van der Waals surface area (Å²) in [6, 6.07) is 5.45. The van der Waals surface area contributed by atoms with Crippen LogP contribution in [0.15, 0.2) is 24.3 Å². The van der Waals surface area contributed by atoms with Crippen molar-refractivity contribution in [3.05, 3.63) is 52.6 Å². The fourth-order valence-corrected chi connectivity index (χ4v) is 5.76. The number of aliphatic hydroxyl groups excluding tert-OH is 2. The van der Waals surface area contributed by atoms with Gasteiger partial charge in [0.2, 0.25) is 0 Å². The van der Waals surface area contributed by atoms with Crippen molar-refractivity contribution in [3.8, 4) is 17.2 Å². The predicted octanol–water partition coefficient (Wildman–Crippen LogP) is 5.88. The second-order valence-corrected chi connectivity index (χ2v) is 17.6. The third-order valence-electron chi connectivity index (χ3n) is 8.57. The minimum atomic E-state index is -2.33. The molecule has 0 unspecified atom stereocenters. The Morgan fingerprint density at radius 3 is 2.17 bits per heavy atom. The van der Waals surface area contributed by atoms with Crippen molar-refractivity contribution >= 4 is 8.32 Å². The molecule has 0 fully saturated rings. The molecule has 2 N–H and O–H groups in total. The number of rotatable bonds is 13. The quantitative estimate of drug-likeness (QED) is 0.214. The zero-order chi connectivity index (χ0) is 31.6. The van der Waals surface area contributed by atoms with E-state index < -0.39 is 49.8 Å². The number of benzene rings is 2. The van der Waals surface area contributed by atoms with E-state index in [1.807, 2.05) is 26.9 Å². The van der Waals surface area contributed by atoms with E-state index in [1.54, 1.807) is 6.07 Å². The van der Waals surface area contributed by atoms with E-state index in [4.69, 9.17) is 28.1 Å². The number of methoxy groups -OCH3 is 3. The highest BCUT2D eigenvalue weighted by Crippen LogP contribution is 2.45. The third-order valence-corrected chi connectivity index (χ3v) is 13.1. The second-order valence-electron chi connectivity index (χ2n) is 12.7. The number of hydrogen-bond donors (Lipinski definition) is 2. The summed E-state index contributed by atoms with van der Waals surface area (Å²) in [5.41, 5.74) is -0.664. The van der Waals surface area contributed by atoms with Crippen molar-refractivity contribution in [2.45, 2.75) is 89.0 Å². The number of aliphatic hydroxyl groups is 2. The Labute approximate surface area is 249 Å². The van der Waals surface area contributed by atoms with Gasteiger partial charge in [-0.3, -0.25) is 0 Å². The topological polar surface area (TPSA) is 95.8 Å². The van der Waals surface area contributed by atoms with Gasteiger partial charge in [-0.15, -0.1) is 0 Å². The van der Waals surface area contributed by atoms with Crippen LogP contribution in [0.2, 0.25) is 18.1 Å². The van der Waals surface area contributed by atoms with E-state index in [0.29, 0.717) is 5.75 Å². The molecule has 0 saturated heterocycles. The Hall–Kier alpha value is -2.28. The molecule has 1 aliphatic heterocycles. The molecule has 0 amide bonds. The maximum atomic E-state index is 16.4. The van der Waals surface area contributed by atoms with Crippen LogP contribution in [0.1, 0.15) is 63.3 Å². The van der Waals surface area contributed by atoms with Gasteiger partial charge in [0.25, 0.3) is 0 Å². The van der Waals surface area contributed by atoms with E-state index in [2.05, 4.69) is 20.8 Å². The fraction of sp³-hybridized carbons (Fsp3) is 0.613. The molecule has 0 aromatic heterocycles. The molecule has 42 heavy (non-hydrogen) atoms. The van der Waals surface area contributed by atoms with Gasteiger partial charge in [0, 0.05) is 36.6 Å². The lowest BCUT2D eigenvalue weighted by molar-refractivity contribution is -0.149. The summed E-state index contributed by atoms with van der Waals surface area (Å²) < 4.78 is 65.3. The Morgan fingerprint density at radius 1 is 0.976 bits per heavy atom. The summed E-state index contributed by atoms with van der Waals surface area (Å²) in [5, 5.41) is 23.0. The first-order chi connectivity index (χ1) is 19.5. The first-order valence-corrected chi connectivity index (χ1v) is 16.9. The largest absolute Gasteiger partial charge is 0.493 e. The third kappa shape index (κ3) is 7.08. The Bertz CT molecular complexity index is 1230. The molecule has 1 heterocycles. The van der Waals surface area contributed by atoms with Gasteiger partial charge in [-0.05, 0) is 49.7 Å². The lowest BCUT2D eigenvalue weighted by Crippen LogP contribution is -2.44. The molecular weight excluding hydrogens is 566 g/mol. The molecule has 4 atom stereocenters. The first kappa shape index (κ1) is 34.2. The molecule has 8 nitrogen and oxygen atoms in total. The van der Waals surface area contributed by atoms with E-state index in [1.165, 1.54) is 33.5 Å². The van der Waals surface area contributed by atoms with Crippen molar-refractivity contribution in [1.29, 1.82) is 0 Å². The van der Waals surface area contributed by atoms with E-state index in [-0.39, 0.29) is 53.0 Å². The summed E-state index contributed by atoms with van der Waals surface area (Å²) in [7, 11) is 1.94. The molecule has 0 spiro atoms. The van der Waals surface area contributed by atoms with Gasteiger partial charge in [0.05, 0.1) is 33.0 Å². The van der Waals surface area contributed by atoms with Crippen molar-refractivity contribution in [2.75, 3.05) is 34.7 Å². The lowest BCUT2D eigenvalue weighted by Gasteiger charge is -2.38. The van der Waals surface area contributed by atoms with Crippen molar-refractivity contribution in [1.82, 2.24) is 0 Å². The smallest absolute Gasteiger partial charge is 0.192 e. The minimum absolute atomic E-state index is 0.0154. The Morgan fingerprint density at radius 2 is 1.60 bits per heavy atom. The van der Waals surface area contributed by atoms with Gasteiger partial charge >= 0.3 is 0 Å². The van der Waals surface area contributed by atoms with Gasteiger partial charge < -0.3 is 38.3 Å². The molecule has 3 rings (SSSR count). The SMILES string of the molecule is COCOC(C)(C)[C@H]1Cc2c(ccc([C@@H]([C@H](O)CO[Si](C)(C)C(C)(C)C)[C@@H](O)c3cc(OC)c(OC)cc3F)c2F)O1. The van der Waals surface area contributed by atoms with Gasteiger partial charge in [0.15, 0.2) is 19.8 Å². The highest BCUT2D eigenvalue weighted by atomic mass is 28.4. The first-order valence-electron chi connectivity index (χ1n) is 14.0. The molecule has 0 bridgehead atoms. The summed E-state index contributed by atoms with van der Waals surface area (Å²) in [6.45, 7) is 13.8. The average molecular weight is 613 g/mol. The number of halogens is 2. The minimum Gasteiger partial charge on any atom is -0.493 e. The molecular formula is C31H46F2O8Si. The zero-order valence-corrected chi connectivity index (χ0v) is 27.3. The standard InChI is InChI=1S/C31H46F2O8Si/c1-30(2,3)42(9,10)40-16-22(34)27(29(35)19-13-24(37-7)25(38-8)15-21(19)32)18-11-12-23-20(28(18)33)14-26(41-23)31(4,5)39-17-36-6/h11-13,15,22,26-27,29,34-35H,14,16-17H2,1-10H3/t22-,26-,27+,29+/m1/s1. The van der Waals surface area contributed by atoms with Crippen LogP contribution in [0.3, 0.4) is 0 Å². The summed E-state index contributed by atoms with van der Waals surface area (Å²) in [6.07, 6.45) is -3.36. The van der Waals surface area contributed by atoms with E-state index in [9.17, 15) is 10.2 Å². The van der Waals surface area contributed by atoms with Crippen LogP contribution in [-0.4, -0.2) is 71.1 Å². The van der Waals surface area contributed by atoms with Crippen LogP contribution in [0.5, 0.6) is 17.2 Å². The van der Waals surface area contributed by atoms with E-state index >= 15 is 8.78 Å². The fourth-order valence-electron chi connectivity index (χ4n) is 4.74. The highest BCUT2D eigenvalue weighted by molar-refractivity contribution is 6.74. The molecule has 2 aromatic rings. The average Bonchev–Trinajstić information content (AvgIpc) is 3.37. The maximum Gasteiger partial charge on any atom is 0.192 e. The van der Waals surface area contributed by atoms with Crippen LogP contribution in [0, 0.1) is 11.6 Å². The maximum absolute atomic E-state index is 16.4. The molecule has 0 saturated carbocycles. The molecule has 11 heteroatoms. The number of hydrogen-bond acceptors (Lipinski definition) is 8. The zero-order valence-electron chi connectivity index (χ0n) is 26.3. The van der Waals surface area contributed by atoms with Gasteiger partial charge in [0.1, 0.15) is 35.9 Å². The molecule has 1 aliphatic rings. The lowest BCUT2D eigenvalue weighted by atomic mass is 9.83. The van der Waals surface area contributed by atoms with Crippen LogP contribution in [0.4, 0.5) is 8.78 Å². The van der Waals surface area contributed by atoms with Gasteiger partial charge in [-0.1, -0.05) is 26.8 Å². The number of fused-ring (bicyclic) bond motifs is 1. The van der Waals surface area contributed by atoms with Crippen molar-refractivity contribution in [3.63, 3.8) is 0 Å². The molecule has 236 valence electrons. The van der Waals surface area contributed by atoms with Crippen molar-refractivity contribution < 1.29 is 47.1 Å². The van der Waals surface area contributed by atoms with Crippen LogP contribution in [-0.2, 0) is 20.3 Å². The predicted molar refractivity (Wildman–Crippen MR) is 158 cm³/mol. The summed E-state index contributed by atoms with van der Waals surface area (Å²) in [4.78, 5) is 0. The number of ether oxygens (including phenoxy) is 5. The summed E-state index contributed by atoms with van der Waals surface area (Å²) in [5.74, 6) is -2.06. The molecule has 0 radical (unpaired) electrons. The van der Waals surface area contributed by atoms with Gasteiger partial charge in [-0.25, -0.2) is 8.78 Å². The Balaban J connectivity index is 2.06. The van der Waals surface area contributed by atoms with Crippen LogP contribution < -0.4 is 14.2 Å². The Kier molecular flexibility index (Phi) is 10.7. The normalized spacial score (nSPS) is 17.8. The van der Waals surface area contributed by atoms with Gasteiger partial charge in [-0.2, -0.15) is 0 Å².